The summed E-state index contributed by atoms with van der Waals surface area (Å²) in [5.41, 5.74) is 1.55. The summed E-state index contributed by atoms with van der Waals surface area (Å²) in [5, 5.41) is 3.20. The van der Waals surface area contributed by atoms with E-state index in [9.17, 15) is 13.2 Å². The Kier molecular flexibility index (Phi) is 4.82. The Balaban J connectivity index is 2.27. The van der Waals surface area contributed by atoms with Gasteiger partial charge in [-0.05, 0) is 30.2 Å². The van der Waals surface area contributed by atoms with E-state index in [1.807, 2.05) is 11.8 Å². The molecule has 0 saturated carbocycles. The zero-order valence-electron chi connectivity index (χ0n) is 11.0. The second kappa shape index (κ2) is 6.39. The molecule has 19 heavy (non-hydrogen) atoms. The number of halogens is 3. The molecular weight excluding hydrogens is 253 g/mol. The Morgan fingerprint density at radius 2 is 1.95 bits per heavy atom. The topological polar surface area (TPSA) is 15.3 Å². The van der Waals surface area contributed by atoms with Gasteiger partial charge in [0.2, 0.25) is 6.43 Å². The molecule has 1 aliphatic heterocycles. The molecule has 1 aromatic rings. The van der Waals surface area contributed by atoms with Crippen LogP contribution in [0.1, 0.15) is 23.6 Å². The molecule has 1 aliphatic rings. The van der Waals surface area contributed by atoms with Gasteiger partial charge < -0.3 is 5.32 Å². The van der Waals surface area contributed by atoms with Gasteiger partial charge in [0.05, 0.1) is 0 Å². The first-order chi connectivity index (χ1) is 9.08. The van der Waals surface area contributed by atoms with Crippen LogP contribution in [0.15, 0.2) is 18.2 Å². The number of alkyl halides is 2. The van der Waals surface area contributed by atoms with Gasteiger partial charge in [-0.15, -0.1) is 0 Å². The number of hydrogen-bond acceptors (Lipinski definition) is 2. The van der Waals surface area contributed by atoms with E-state index in [4.69, 9.17) is 0 Å². The first-order valence-corrected chi connectivity index (χ1v) is 6.57. The SMILES string of the molecule is Cc1ccc(F)cc1[C@H](CC(F)F)N1CCNCC1. The van der Waals surface area contributed by atoms with Crippen LogP contribution in [0.3, 0.4) is 0 Å². The quantitative estimate of drug-likeness (QED) is 0.906. The van der Waals surface area contributed by atoms with Crippen molar-refractivity contribution in [2.24, 2.45) is 0 Å². The number of nitrogens with zero attached hydrogens (tertiary/aromatic N) is 1. The van der Waals surface area contributed by atoms with Gasteiger partial charge in [0.1, 0.15) is 5.82 Å². The van der Waals surface area contributed by atoms with Crippen molar-refractivity contribution in [2.45, 2.75) is 25.8 Å². The van der Waals surface area contributed by atoms with Crippen LogP contribution in [-0.2, 0) is 0 Å². The summed E-state index contributed by atoms with van der Waals surface area (Å²) < 4.78 is 39.0. The molecule has 0 unspecified atom stereocenters. The average molecular weight is 272 g/mol. The van der Waals surface area contributed by atoms with Crippen LogP contribution in [0.2, 0.25) is 0 Å². The maximum atomic E-state index is 13.4. The molecule has 0 radical (unpaired) electrons. The van der Waals surface area contributed by atoms with Gasteiger partial charge >= 0.3 is 0 Å². The van der Waals surface area contributed by atoms with Gasteiger partial charge in [-0.25, -0.2) is 13.2 Å². The molecule has 106 valence electrons. The Bertz CT molecular complexity index is 417. The van der Waals surface area contributed by atoms with E-state index in [1.54, 1.807) is 6.07 Å². The summed E-state index contributed by atoms with van der Waals surface area (Å²) in [6.45, 7) is 4.85. The second-order valence-corrected chi connectivity index (χ2v) is 4.93. The first kappa shape index (κ1) is 14.3. The summed E-state index contributed by atoms with van der Waals surface area (Å²) >= 11 is 0. The molecule has 0 amide bonds. The lowest BCUT2D eigenvalue weighted by atomic mass is 9.96. The van der Waals surface area contributed by atoms with Crippen molar-refractivity contribution in [3.05, 3.63) is 35.1 Å². The first-order valence-electron chi connectivity index (χ1n) is 6.57. The normalized spacial score (nSPS) is 18.8. The minimum absolute atomic E-state index is 0.246. The number of piperazine rings is 1. The van der Waals surface area contributed by atoms with Gasteiger partial charge in [-0.2, -0.15) is 0 Å². The van der Waals surface area contributed by atoms with Crippen molar-refractivity contribution in [1.29, 1.82) is 0 Å². The van der Waals surface area contributed by atoms with Gasteiger partial charge in [0.15, 0.2) is 0 Å². The molecule has 5 heteroatoms. The third-order valence-corrected chi connectivity index (χ3v) is 3.59. The summed E-state index contributed by atoms with van der Waals surface area (Å²) in [6, 6.07) is 4.02. The van der Waals surface area contributed by atoms with Crippen LogP contribution in [0.25, 0.3) is 0 Å². The summed E-state index contributed by atoms with van der Waals surface area (Å²) in [7, 11) is 0. The minimum atomic E-state index is -2.39. The fourth-order valence-corrected chi connectivity index (χ4v) is 2.61. The number of benzene rings is 1. The van der Waals surface area contributed by atoms with Crippen molar-refractivity contribution in [1.82, 2.24) is 10.2 Å². The Morgan fingerprint density at radius 3 is 2.58 bits per heavy atom. The van der Waals surface area contributed by atoms with E-state index >= 15 is 0 Å². The summed E-state index contributed by atoms with van der Waals surface area (Å²) in [5.74, 6) is -0.366. The summed E-state index contributed by atoms with van der Waals surface area (Å²) in [4.78, 5) is 2.02. The molecule has 0 aromatic heterocycles. The van der Waals surface area contributed by atoms with Crippen molar-refractivity contribution in [3.63, 3.8) is 0 Å². The minimum Gasteiger partial charge on any atom is -0.314 e. The highest BCUT2D eigenvalue weighted by Gasteiger charge is 2.26. The zero-order valence-corrected chi connectivity index (χ0v) is 11.0. The van der Waals surface area contributed by atoms with Gasteiger partial charge in [0.25, 0.3) is 0 Å². The Labute approximate surface area is 111 Å². The van der Waals surface area contributed by atoms with Crippen molar-refractivity contribution in [2.75, 3.05) is 26.2 Å². The van der Waals surface area contributed by atoms with E-state index in [2.05, 4.69) is 5.32 Å². The van der Waals surface area contributed by atoms with Gasteiger partial charge in [0, 0.05) is 38.6 Å². The standard InChI is InChI=1S/C14H19F3N2/c1-10-2-3-11(15)8-12(10)13(9-14(16)17)19-6-4-18-5-7-19/h2-3,8,13-14,18H,4-7,9H2,1H3/t13-/m0/s1. The number of hydrogen-bond donors (Lipinski definition) is 1. The molecule has 2 nitrogen and oxygen atoms in total. The van der Waals surface area contributed by atoms with Crippen LogP contribution < -0.4 is 5.32 Å². The molecular formula is C14H19F3N2. The molecule has 1 atom stereocenters. The molecule has 2 rings (SSSR count). The van der Waals surface area contributed by atoms with E-state index in [-0.39, 0.29) is 12.2 Å². The number of aryl methyl sites for hydroxylation is 1. The molecule has 0 bridgehead atoms. The fraction of sp³-hybridized carbons (Fsp3) is 0.571. The molecule has 1 aromatic carbocycles. The molecule has 0 aliphatic carbocycles. The largest absolute Gasteiger partial charge is 0.314 e. The molecule has 1 heterocycles. The monoisotopic (exact) mass is 272 g/mol. The van der Waals surface area contributed by atoms with Crippen molar-refractivity contribution >= 4 is 0 Å². The highest BCUT2D eigenvalue weighted by atomic mass is 19.3. The van der Waals surface area contributed by atoms with Crippen LogP contribution >= 0.6 is 0 Å². The lowest BCUT2D eigenvalue weighted by Crippen LogP contribution is -2.45. The van der Waals surface area contributed by atoms with Crippen molar-refractivity contribution < 1.29 is 13.2 Å². The van der Waals surface area contributed by atoms with E-state index < -0.39 is 12.5 Å². The second-order valence-electron chi connectivity index (χ2n) is 4.93. The molecule has 1 fully saturated rings. The smallest absolute Gasteiger partial charge is 0.240 e. The zero-order chi connectivity index (χ0) is 13.8. The lowest BCUT2D eigenvalue weighted by Gasteiger charge is -2.35. The van der Waals surface area contributed by atoms with E-state index in [0.29, 0.717) is 18.7 Å². The Hall–Kier alpha value is -1.07. The van der Waals surface area contributed by atoms with Crippen LogP contribution in [0, 0.1) is 12.7 Å². The highest BCUT2D eigenvalue weighted by molar-refractivity contribution is 5.30. The van der Waals surface area contributed by atoms with Crippen LogP contribution in [0.4, 0.5) is 13.2 Å². The number of rotatable bonds is 4. The predicted molar refractivity (Wildman–Crippen MR) is 68.9 cm³/mol. The average Bonchev–Trinajstić information content (AvgIpc) is 2.40. The van der Waals surface area contributed by atoms with Gasteiger partial charge in [-0.1, -0.05) is 6.07 Å². The summed E-state index contributed by atoms with van der Waals surface area (Å²) in [6.07, 6.45) is -2.63. The third kappa shape index (κ3) is 3.70. The molecule has 0 spiro atoms. The highest BCUT2D eigenvalue weighted by Crippen LogP contribution is 2.30. The fourth-order valence-electron chi connectivity index (χ4n) is 2.61. The Morgan fingerprint density at radius 1 is 1.26 bits per heavy atom. The predicted octanol–water partition coefficient (Wildman–Crippen LogP) is 2.74. The number of nitrogens with one attached hydrogen (secondary N) is 1. The molecule has 1 saturated heterocycles. The third-order valence-electron chi connectivity index (χ3n) is 3.59. The molecule has 1 N–H and O–H groups in total. The van der Waals surface area contributed by atoms with Crippen LogP contribution in [0.5, 0.6) is 0 Å². The van der Waals surface area contributed by atoms with Crippen LogP contribution in [-0.4, -0.2) is 37.5 Å². The lowest BCUT2D eigenvalue weighted by molar-refractivity contribution is 0.0735. The van der Waals surface area contributed by atoms with Crippen molar-refractivity contribution in [3.8, 4) is 0 Å². The maximum absolute atomic E-state index is 13.4. The van der Waals surface area contributed by atoms with E-state index in [1.165, 1.54) is 12.1 Å². The van der Waals surface area contributed by atoms with Gasteiger partial charge in [-0.3, -0.25) is 4.90 Å². The maximum Gasteiger partial charge on any atom is 0.240 e. The van der Waals surface area contributed by atoms with E-state index in [0.717, 1.165) is 18.7 Å².